The van der Waals surface area contributed by atoms with Crippen molar-refractivity contribution in [3.63, 3.8) is 0 Å². The summed E-state index contributed by atoms with van der Waals surface area (Å²) in [5, 5.41) is 2.87. The number of hydrogen-bond acceptors (Lipinski definition) is 4. The van der Waals surface area contributed by atoms with Gasteiger partial charge in [0.2, 0.25) is 0 Å². The molecule has 150 valence electrons. The highest BCUT2D eigenvalue weighted by Crippen LogP contribution is 2.27. The Hall–Kier alpha value is -2.82. The molecule has 0 unspecified atom stereocenters. The molecular weight excluding hydrogens is 354 g/mol. The van der Waals surface area contributed by atoms with Crippen molar-refractivity contribution < 1.29 is 19.1 Å². The number of para-hydroxylation sites is 1. The lowest BCUT2D eigenvalue weighted by Crippen LogP contribution is -2.22. The smallest absolute Gasteiger partial charge is 0.306 e. The van der Waals surface area contributed by atoms with Crippen LogP contribution in [-0.4, -0.2) is 25.1 Å². The lowest BCUT2D eigenvalue weighted by atomic mass is 9.98. The van der Waals surface area contributed by atoms with Gasteiger partial charge in [-0.15, -0.1) is 0 Å². The molecule has 2 rings (SSSR count). The Morgan fingerprint density at radius 1 is 1.07 bits per heavy atom. The first-order valence-corrected chi connectivity index (χ1v) is 9.61. The quantitative estimate of drug-likeness (QED) is 0.500. The monoisotopic (exact) mass is 383 g/mol. The van der Waals surface area contributed by atoms with Gasteiger partial charge in [-0.2, -0.15) is 0 Å². The molecule has 2 aromatic carbocycles. The summed E-state index contributed by atoms with van der Waals surface area (Å²) in [4.78, 5) is 24.0. The van der Waals surface area contributed by atoms with Crippen LogP contribution in [0.1, 0.15) is 49.3 Å². The molecule has 0 aromatic heterocycles. The third-order valence-corrected chi connectivity index (χ3v) is 4.34. The summed E-state index contributed by atoms with van der Waals surface area (Å²) in [6.45, 7) is 8.22. The summed E-state index contributed by atoms with van der Waals surface area (Å²) >= 11 is 0. The molecule has 1 N–H and O–H groups in total. The van der Waals surface area contributed by atoms with Crippen molar-refractivity contribution in [3.8, 4) is 5.75 Å². The fourth-order valence-electron chi connectivity index (χ4n) is 2.85. The van der Waals surface area contributed by atoms with Gasteiger partial charge in [-0.25, -0.2) is 0 Å². The fraction of sp³-hybridized carbons (Fsp3) is 0.391. The fourth-order valence-corrected chi connectivity index (χ4v) is 2.85. The molecule has 0 fully saturated rings. The summed E-state index contributed by atoms with van der Waals surface area (Å²) in [5.74, 6) is 0.329. The van der Waals surface area contributed by atoms with Crippen molar-refractivity contribution in [1.29, 1.82) is 0 Å². The average Bonchev–Trinajstić information content (AvgIpc) is 2.65. The largest absolute Gasteiger partial charge is 0.494 e. The molecule has 1 amide bonds. The molecule has 0 aliphatic heterocycles. The van der Waals surface area contributed by atoms with E-state index in [-0.39, 0.29) is 24.9 Å². The minimum Gasteiger partial charge on any atom is -0.494 e. The molecule has 28 heavy (non-hydrogen) atoms. The average molecular weight is 383 g/mol. The number of amides is 1. The number of carbonyl (C=O) groups excluding carboxylic acids is 2. The molecule has 5 nitrogen and oxygen atoms in total. The number of ether oxygens (including phenoxy) is 2. The second-order valence-corrected chi connectivity index (χ2v) is 7.17. The van der Waals surface area contributed by atoms with Crippen LogP contribution in [0, 0.1) is 13.8 Å². The highest BCUT2D eigenvalue weighted by Gasteiger charge is 2.13. The van der Waals surface area contributed by atoms with Crippen LogP contribution in [0.15, 0.2) is 42.5 Å². The van der Waals surface area contributed by atoms with E-state index in [1.54, 1.807) is 0 Å². The molecule has 5 heteroatoms. The van der Waals surface area contributed by atoms with Crippen LogP contribution in [-0.2, 0) is 14.3 Å². The van der Waals surface area contributed by atoms with E-state index in [0.717, 1.165) is 28.1 Å². The van der Waals surface area contributed by atoms with Gasteiger partial charge in [0.05, 0.1) is 6.61 Å². The van der Waals surface area contributed by atoms with Gasteiger partial charge in [0.1, 0.15) is 5.75 Å². The maximum atomic E-state index is 12.2. The van der Waals surface area contributed by atoms with Gasteiger partial charge in [-0.1, -0.05) is 44.2 Å². The van der Waals surface area contributed by atoms with Crippen LogP contribution >= 0.6 is 0 Å². The van der Waals surface area contributed by atoms with E-state index in [1.165, 1.54) is 0 Å². The van der Waals surface area contributed by atoms with Crippen molar-refractivity contribution in [2.75, 3.05) is 18.5 Å². The normalized spacial score (nSPS) is 10.6. The molecule has 0 radical (unpaired) electrons. The first kappa shape index (κ1) is 21.5. The summed E-state index contributed by atoms with van der Waals surface area (Å²) in [5.41, 5.74) is 3.97. The molecule has 0 saturated carbocycles. The van der Waals surface area contributed by atoms with Gasteiger partial charge in [-0.05, 0) is 55.0 Å². The van der Waals surface area contributed by atoms with Crippen molar-refractivity contribution in [2.45, 2.75) is 46.5 Å². The van der Waals surface area contributed by atoms with Crippen LogP contribution in [0.3, 0.4) is 0 Å². The van der Waals surface area contributed by atoms with Crippen molar-refractivity contribution in [2.24, 2.45) is 0 Å². The number of benzene rings is 2. The number of esters is 1. The molecule has 0 heterocycles. The van der Waals surface area contributed by atoms with E-state index in [2.05, 4.69) is 19.2 Å². The zero-order valence-corrected chi connectivity index (χ0v) is 17.1. The van der Waals surface area contributed by atoms with Gasteiger partial charge in [0.25, 0.3) is 5.91 Å². The van der Waals surface area contributed by atoms with Crippen molar-refractivity contribution >= 4 is 17.6 Å². The van der Waals surface area contributed by atoms with Crippen molar-refractivity contribution in [3.05, 3.63) is 59.2 Å². The Labute approximate surface area is 167 Å². The number of hydrogen-bond donors (Lipinski definition) is 1. The zero-order valence-electron chi connectivity index (χ0n) is 17.1. The third kappa shape index (κ3) is 6.72. The molecule has 0 spiro atoms. The van der Waals surface area contributed by atoms with Crippen LogP contribution in [0.5, 0.6) is 5.75 Å². The summed E-state index contributed by atoms with van der Waals surface area (Å²) in [6, 6.07) is 13.7. The molecule has 0 bridgehead atoms. The minimum absolute atomic E-state index is 0.209. The standard InChI is InChI=1S/C23H29NO4/c1-16(2)20-11-6-9-18(4)23(20)24-21(25)15-28-22(26)12-7-13-27-19-10-5-8-17(3)14-19/h5-6,8-11,14,16H,7,12-13,15H2,1-4H3,(H,24,25). The van der Waals surface area contributed by atoms with E-state index in [1.807, 2.05) is 56.3 Å². The lowest BCUT2D eigenvalue weighted by molar-refractivity contribution is -0.147. The number of carbonyl (C=O) groups is 2. The first-order valence-electron chi connectivity index (χ1n) is 9.61. The van der Waals surface area contributed by atoms with Gasteiger partial charge in [-0.3, -0.25) is 9.59 Å². The molecule has 0 saturated heterocycles. The first-order chi connectivity index (χ1) is 13.4. The second-order valence-electron chi connectivity index (χ2n) is 7.17. The predicted octanol–water partition coefficient (Wildman–Crippen LogP) is 4.77. The highest BCUT2D eigenvalue weighted by atomic mass is 16.5. The van der Waals surface area contributed by atoms with Gasteiger partial charge in [0.15, 0.2) is 6.61 Å². The van der Waals surface area contributed by atoms with Gasteiger partial charge in [0, 0.05) is 12.1 Å². The number of aryl methyl sites for hydroxylation is 2. The summed E-state index contributed by atoms with van der Waals surface area (Å²) in [7, 11) is 0. The Kier molecular flexibility index (Phi) is 8.05. The van der Waals surface area contributed by atoms with Crippen LogP contribution in [0.4, 0.5) is 5.69 Å². The van der Waals surface area contributed by atoms with E-state index in [4.69, 9.17) is 9.47 Å². The van der Waals surface area contributed by atoms with Crippen LogP contribution < -0.4 is 10.1 Å². The van der Waals surface area contributed by atoms with Gasteiger partial charge >= 0.3 is 5.97 Å². The molecular formula is C23H29NO4. The Morgan fingerprint density at radius 2 is 1.82 bits per heavy atom. The Morgan fingerprint density at radius 3 is 2.54 bits per heavy atom. The lowest BCUT2D eigenvalue weighted by Gasteiger charge is -2.16. The maximum absolute atomic E-state index is 12.2. The second kappa shape index (κ2) is 10.5. The molecule has 0 aliphatic rings. The topological polar surface area (TPSA) is 64.6 Å². The zero-order chi connectivity index (χ0) is 20.5. The number of nitrogens with one attached hydrogen (secondary N) is 1. The third-order valence-electron chi connectivity index (χ3n) is 4.34. The molecule has 2 aromatic rings. The SMILES string of the molecule is Cc1cccc(OCCCC(=O)OCC(=O)Nc2c(C)cccc2C(C)C)c1. The van der Waals surface area contributed by atoms with E-state index < -0.39 is 5.97 Å². The summed E-state index contributed by atoms with van der Waals surface area (Å²) < 4.78 is 10.7. The van der Waals surface area contributed by atoms with Crippen LogP contribution in [0.2, 0.25) is 0 Å². The summed E-state index contributed by atoms with van der Waals surface area (Å²) in [6.07, 6.45) is 0.740. The van der Waals surface area contributed by atoms with Crippen LogP contribution in [0.25, 0.3) is 0 Å². The molecule has 0 aliphatic carbocycles. The predicted molar refractivity (Wildman–Crippen MR) is 111 cm³/mol. The Bertz CT molecular complexity index is 814. The maximum Gasteiger partial charge on any atom is 0.306 e. The Balaban J connectivity index is 1.72. The van der Waals surface area contributed by atoms with E-state index >= 15 is 0 Å². The van der Waals surface area contributed by atoms with E-state index in [0.29, 0.717) is 13.0 Å². The number of rotatable bonds is 9. The minimum atomic E-state index is -0.406. The van der Waals surface area contributed by atoms with E-state index in [9.17, 15) is 9.59 Å². The van der Waals surface area contributed by atoms with Crippen molar-refractivity contribution in [1.82, 2.24) is 0 Å². The molecule has 0 atom stereocenters. The number of anilines is 1. The van der Waals surface area contributed by atoms with Gasteiger partial charge < -0.3 is 14.8 Å². The highest BCUT2D eigenvalue weighted by molar-refractivity contribution is 5.94.